The predicted molar refractivity (Wildman–Crippen MR) is 54.4 cm³/mol. The predicted octanol–water partition coefficient (Wildman–Crippen LogP) is 0.988. The van der Waals surface area contributed by atoms with Gasteiger partial charge in [-0.2, -0.15) is 0 Å². The summed E-state index contributed by atoms with van der Waals surface area (Å²) in [5, 5.41) is -0.0413. The first-order valence-electron chi connectivity index (χ1n) is 4.66. The van der Waals surface area contributed by atoms with Gasteiger partial charge in [0.2, 0.25) is 0 Å². The molecule has 0 aliphatic heterocycles. The van der Waals surface area contributed by atoms with Gasteiger partial charge in [0.15, 0.2) is 11.6 Å². The number of aromatic nitrogens is 2. The minimum absolute atomic E-state index is 0.0413. The average molecular weight is 226 g/mol. The number of H-pyrrole nitrogens is 1. The molecule has 84 valence electrons. The maximum atomic E-state index is 13.0. The van der Waals surface area contributed by atoms with E-state index < -0.39 is 22.9 Å². The third-order valence-corrected chi connectivity index (χ3v) is 2.36. The maximum Gasteiger partial charge on any atom is 0.328 e. The zero-order valence-corrected chi connectivity index (χ0v) is 8.38. The van der Waals surface area contributed by atoms with Crippen LogP contribution in [0.5, 0.6) is 0 Å². The van der Waals surface area contributed by atoms with Gasteiger partial charge < -0.3 is 0 Å². The SMILES string of the molecule is CCn1c(=O)[nH]c(=O)c2cc(F)c(F)cc21. The quantitative estimate of drug-likeness (QED) is 0.788. The number of rotatable bonds is 1. The molecule has 16 heavy (non-hydrogen) atoms. The van der Waals surface area contributed by atoms with Crippen LogP contribution in [0.15, 0.2) is 21.7 Å². The third kappa shape index (κ3) is 1.42. The van der Waals surface area contributed by atoms with E-state index in [0.717, 1.165) is 12.1 Å². The van der Waals surface area contributed by atoms with Gasteiger partial charge in [-0.1, -0.05) is 0 Å². The minimum Gasteiger partial charge on any atom is -0.294 e. The van der Waals surface area contributed by atoms with Crippen molar-refractivity contribution >= 4 is 10.9 Å². The summed E-state index contributed by atoms with van der Waals surface area (Å²) in [6.45, 7) is 1.93. The number of benzene rings is 1. The second-order valence-corrected chi connectivity index (χ2v) is 3.29. The topological polar surface area (TPSA) is 54.9 Å². The Kier molecular flexibility index (Phi) is 2.34. The van der Waals surface area contributed by atoms with E-state index in [-0.39, 0.29) is 17.4 Å². The summed E-state index contributed by atoms with van der Waals surface area (Å²) in [7, 11) is 0. The van der Waals surface area contributed by atoms with Crippen molar-refractivity contribution in [3.63, 3.8) is 0 Å². The van der Waals surface area contributed by atoms with Crippen LogP contribution in [0.3, 0.4) is 0 Å². The number of aryl methyl sites for hydroxylation is 1. The van der Waals surface area contributed by atoms with Crippen LogP contribution in [-0.4, -0.2) is 9.55 Å². The third-order valence-electron chi connectivity index (χ3n) is 2.36. The van der Waals surface area contributed by atoms with E-state index in [4.69, 9.17) is 0 Å². The molecular weight excluding hydrogens is 218 g/mol. The molecule has 1 aromatic heterocycles. The van der Waals surface area contributed by atoms with Crippen molar-refractivity contribution in [2.24, 2.45) is 0 Å². The zero-order valence-electron chi connectivity index (χ0n) is 8.38. The molecule has 0 aliphatic rings. The summed E-state index contributed by atoms with van der Waals surface area (Å²) in [5.41, 5.74) is -1.26. The largest absolute Gasteiger partial charge is 0.328 e. The molecule has 0 aliphatic carbocycles. The molecule has 1 heterocycles. The van der Waals surface area contributed by atoms with E-state index in [2.05, 4.69) is 0 Å². The highest BCUT2D eigenvalue weighted by Gasteiger charge is 2.10. The molecule has 0 amide bonds. The molecule has 0 spiro atoms. The lowest BCUT2D eigenvalue weighted by Crippen LogP contribution is -2.30. The van der Waals surface area contributed by atoms with Crippen molar-refractivity contribution in [1.82, 2.24) is 9.55 Å². The second kappa shape index (κ2) is 3.55. The summed E-state index contributed by atoms with van der Waals surface area (Å²) in [6, 6.07) is 1.64. The van der Waals surface area contributed by atoms with Crippen molar-refractivity contribution in [3.8, 4) is 0 Å². The summed E-state index contributed by atoms with van der Waals surface area (Å²) in [5.74, 6) is -2.20. The summed E-state index contributed by atoms with van der Waals surface area (Å²) in [4.78, 5) is 24.8. The van der Waals surface area contributed by atoms with Gasteiger partial charge in [0, 0.05) is 12.6 Å². The van der Waals surface area contributed by atoms with E-state index in [1.165, 1.54) is 4.57 Å². The van der Waals surface area contributed by atoms with Crippen molar-refractivity contribution in [2.75, 3.05) is 0 Å². The Hall–Kier alpha value is -1.98. The lowest BCUT2D eigenvalue weighted by molar-refractivity contribution is 0.509. The smallest absolute Gasteiger partial charge is 0.294 e. The Morgan fingerprint density at radius 3 is 2.50 bits per heavy atom. The standard InChI is InChI=1S/C10H8F2N2O2/c1-2-14-8-4-7(12)6(11)3-5(8)9(15)13-10(14)16/h3-4H,2H2,1H3,(H,13,15,16). The van der Waals surface area contributed by atoms with Gasteiger partial charge in [0.05, 0.1) is 10.9 Å². The highest BCUT2D eigenvalue weighted by Crippen LogP contribution is 2.13. The number of hydrogen-bond donors (Lipinski definition) is 1. The monoisotopic (exact) mass is 226 g/mol. The number of fused-ring (bicyclic) bond motifs is 1. The molecule has 0 saturated heterocycles. The van der Waals surface area contributed by atoms with Crippen LogP contribution in [0.2, 0.25) is 0 Å². The van der Waals surface area contributed by atoms with E-state index in [9.17, 15) is 18.4 Å². The normalized spacial score (nSPS) is 10.9. The van der Waals surface area contributed by atoms with Gasteiger partial charge in [-0.3, -0.25) is 14.3 Å². The highest BCUT2D eigenvalue weighted by atomic mass is 19.2. The molecule has 0 unspecified atom stereocenters. The van der Waals surface area contributed by atoms with Crippen molar-refractivity contribution < 1.29 is 8.78 Å². The van der Waals surface area contributed by atoms with Crippen LogP contribution in [0.1, 0.15) is 6.92 Å². The lowest BCUT2D eigenvalue weighted by atomic mass is 10.2. The first-order valence-corrected chi connectivity index (χ1v) is 4.66. The van der Waals surface area contributed by atoms with Gasteiger partial charge in [-0.25, -0.2) is 13.6 Å². The number of aromatic amines is 1. The number of halogens is 2. The van der Waals surface area contributed by atoms with Crippen LogP contribution in [-0.2, 0) is 6.54 Å². The van der Waals surface area contributed by atoms with E-state index in [1.54, 1.807) is 6.92 Å². The zero-order chi connectivity index (χ0) is 11.9. The molecule has 2 rings (SSSR count). The Bertz CT molecular complexity index is 673. The van der Waals surface area contributed by atoms with Crippen LogP contribution in [0.25, 0.3) is 10.9 Å². The Labute approximate surface area is 88.1 Å². The molecule has 4 nitrogen and oxygen atoms in total. The summed E-state index contributed by atoms with van der Waals surface area (Å²) < 4.78 is 27.1. The van der Waals surface area contributed by atoms with Crippen LogP contribution in [0.4, 0.5) is 8.78 Å². The number of hydrogen-bond acceptors (Lipinski definition) is 2. The molecule has 0 radical (unpaired) electrons. The van der Waals surface area contributed by atoms with Crippen molar-refractivity contribution in [1.29, 1.82) is 0 Å². The Balaban J connectivity index is 3.06. The fraction of sp³-hybridized carbons (Fsp3) is 0.200. The number of nitrogens with zero attached hydrogens (tertiary/aromatic N) is 1. The average Bonchev–Trinajstić information content (AvgIpc) is 2.22. The highest BCUT2D eigenvalue weighted by molar-refractivity contribution is 5.78. The first-order chi connectivity index (χ1) is 7.54. The second-order valence-electron chi connectivity index (χ2n) is 3.29. The molecule has 0 atom stereocenters. The fourth-order valence-electron chi connectivity index (χ4n) is 1.60. The summed E-state index contributed by atoms with van der Waals surface area (Å²) >= 11 is 0. The molecule has 0 saturated carbocycles. The van der Waals surface area contributed by atoms with Crippen molar-refractivity contribution in [2.45, 2.75) is 13.5 Å². The van der Waals surface area contributed by atoms with Crippen LogP contribution in [0, 0.1) is 11.6 Å². The van der Waals surface area contributed by atoms with E-state index >= 15 is 0 Å². The van der Waals surface area contributed by atoms with E-state index in [1.807, 2.05) is 4.98 Å². The molecule has 1 aromatic carbocycles. The molecule has 0 fully saturated rings. The van der Waals surface area contributed by atoms with Gasteiger partial charge in [0.25, 0.3) is 5.56 Å². The van der Waals surface area contributed by atoms with Crippen LogP contribution >= 0.6 is 0 Å². The Morgan fingerprint density at radius 2 is 1.88 bits per heavy atom. The van der Waals surface area contributed by atoms with Crippen LogP contribution < -0.4 is 11.2 Å². The lowest BCUT2D eigenvalue weighted by Gasteiger charge is -2.06. The fourth-order valence-corrected chi connectivity index (χ4v) is 1.60. The Morgan fingerprint density at radius 1 is 1.25 bits per heavy atom. The number of nitrogens with one attached hydrogen (secondary N) is 1. The minimum atomic E-state index is -1.11. The van der Waals surface area contributed by atoms with Gasteiger partial charge in [0.1, 0.15) is 0 Å². The van der Waals surface area contributed by atoms with Gasteiger partial charge in [-0.15, -0.1) is 0 Å². The molecule has 1 N–H and O–H groups in total. The molecule has 0 bridgehead atoms. The summed E-state index contributed by atoms with van der Waals surface area (Å²) in [6.07, 6.45) is 0. The maximum absolute atomic E-state index is 13.0. The molecule has 6 heteroatoms. The van der Waals surface area contributed by atoms with Gasteiger partial charge >= 0.3 is 5.69 Å². The molecule has 2 aromatic rings. The first kappa shape index (κ1) is 10.5. The van der Waals surface area contributed by atoms with Gasteiger partial charge in [-0.05, 0) is 13.0 Å². The van der Waals surface area contributed by atoms with E-state index in [0.29, 0.717) is 0 Å². The van der Waals surface area contributed by atoms with Crippen molar-refractivity contribution in [3.05, 3.63) is 44.6 Å². The molecular formula is C10H8F2N2O2.